The Morgan fingerprint density at radius 1 is 1.29 bits per heavy atom. The summed E-state index contributed by atoms with van der Waals surface area (Å²) in [5.74, 6) is -0.776. The maximum atomic E-state index is 13.2. The fourth-order valence-corrected chi connectivity index (χ4v) is 2.48. The Morgan fingerprint density at radius 3 is 2.82 bits per heavy atom. The zero-order valence-electron chi connectivity index (χ0n) is 9.49. The molecule has 0 amide bonds. The van der Waals surface area contributed by atoms with Gasteiger partial charge in [0.05, 0.1) is 31.1 Å². The third-order valence-electron chi connectivity index (χ3n) is 3.34. The molecule has 2 aliphatic rings. The van der Waals surface area contributed by atoms with E-state index in [-0.39, 0.29) is 5.82 Å². The van der Waals surface area contributed by atoms with E-state index >= 15 is 0 Å². The second-order valence-corrected chi connectivity index (χ2v) is 4.48. The zero-order valence-corrected chi connectivity index (χ0v) is 9.49. The highest BCUT2D eigenvalue weighted by Crippen LogP contribution is 2.35. The number of nitrogen functional groups attached to an aromatic ring is 1. The van der Waals surface area contributed by atoms with Crippen molar-refractivity contribution in [2.24, 2.45) is 0 Å². The molecular formula is C12H15FN2O2. The van der Waals surface area contributed by atoms with Crippen molar-refractivity contribution in [2.45, 2.75) is 12.2 Å². The van der Waals surface area contributed by atoms with Gasteiger partial charge in [-0.3, -0.25) is 0 Å². The van der Waals surface area contributed by atoms with Crippen molar-refractivity contribution in [3.8, 4) is 0 Å². The molecule has 2 fully saturated rings. The molecule has 5 heteroatoms. The molecule has 0 saturated carbocycles. The van der Waals surface area contributed by atoms with Crippen LogP contribution < -0.4 is 10.6 Å². The highest BCUT2D eigenvalue weighted by molar-refractivity contribution is 5.68. The van der Waals surface area contributed by atoms with Crippen molar-refractivity contribution >= 4 is 11.4 Å². The van der Waals surface area contributed by atoms with E-state index in [1.165, 1.54) is 12.1 Å². The first-order chi connectivity index (χ1) is 8.19. The molecule has 1 spiro atoms. The van der Waals surface area contributed by atoms with E-state index in [0.29, 0.717) is 25.4 Å². The van der Waals surface area contributed by atoms with Crippen molar-refractivity contribution < 1.29 is 13.9 Å². The van der Waals surface area contributed by atoms with Crippen LogP contribution in [0, 0.1) is 5.82 Å². The van der Waals surface area contributed by atoms with Crippen LogP contribution in [-0.2, 0) is 9.47 Å². The Bertz CT molecular complexity index is 433. The summed E-state index contributed by atoms with van der Waals surface area (Å²) in [6, 6.07) is 4.42. The van der Waals surface area contributed by atoms with Crippen LogP contribution in [0.5, 0.6) is 0 Å². The van der Waals surface area contributed by atoms with Crippen molar-refractivity contribution in [2.75, 3.05) is 36.9 Å². The van der Waals surface area contributed by atoms with E-state index in [1.807, 2.05) is 4.90 Å². The van der Waals surface area contributed by atoms with Crippen molar-refractivity contribution in [1.29, 1.82) is 0 Å². The van der Waals surface area contributed by atoms with Crippen molar-refractivity contribution in [3.63, 3.8) is 0 Å². The molecule has 0 aromatic heterocycles. The first-order valence-electron chi connectivity index (χ1n) is 5.76. The molecule has 92 valence electrons. The Morgan fingerprint density at radius 2 is 2.06 bits per heavy atom. The maximum absolute atomic E-state index is 13.2. The molecule has 4 nitrogen and oxygen atoms in total. The predicted molar refractivity (Wildman–Crippen MR) is 62.3 cm³/mol. The fourth-order valence-electron chi connectivity index (χ4n) is 2.48. The number of nitrogens with two attached hydrogens (primary N) is 1. The first kappa shape index (κ1) is 10.8. The predicted octanol–water partition coefficient (Wildman–Crippen LogP) is 1.36. The Balaban J connectivity index is 1.84. The van der Waals surface area contributed by atoms with Gasteiger partial charge in [0.15, 0.2) is 5.79 Å². The van der Waals surface area contributed by atoms with E-state index in [1.54, 1.807) is 6.07 Å². The highest BCUT2D eigenvalue weighted by atomic mass is 19.1. The lowest BCUT2D eigenvalue weighted by atomic mass is 10.2. The number of halogens is 1. The normalized spacial score (nSPS) is 22.5. The summed E-state index contributed by atoms with van der Waals surface area (Å²) in [5.41, 5.74) is 7.17. The molecule has 0 atom stereocenters. The standard InChI is InChI=1S/C12H15FN2O2/c13-9-1-2-10(14)11(7-9)15-4-3-12(8-15)16-5-6-17-12/h1-2,7H,3-6,8,14H2. The second kappa shape index (κ2) is 3.85. The number of nitrogens with zero attached hydrogens (tertiary/aromatic N) is 1. The van der Waals surface area contributed by atoms with Crippen LogP contribution in [-0.4, -0.2) is 32.1 Å². The van der Waals surface area contributed by atoms with E-state index in [0.717, 1.165) is 18.7 Å². The van der Waals surface area contributed by atoms with Gasteiger partial charge in [0.25, 0.3) is 0 Å². The second-order valence-electron chi connectivity index (χ2n) is 4.48. The van der Waals surface area contributed by atoms with Crippen LogP contribution in [0.15, 0.2) is 18.2 Å². The van der Waals surface area contributed by atoms with Crippen LogP contribution in [0.3, 0.4) is 0 Å². The van der Waals surface area contributed by atoms with E-state index < -0.39 is 5.79 Å². The van der Waals surface area contributed by atoms with Gasteiger partial charge in [0.2, 0.25) is 0 Å². The fraction of sp³-hybridized carbons (Fsp3) is 0.500. The van der Waals surface area contributed by atoms with Gasteiger partial charge in [-0.2, -0.15) is 0 Å². The number of ether oxygens (including phenoxy) is 2. The van der Waals surface area contributed by atoms with Gasteiger partial charge in [-0.1, -0.05) is 0 Å². The number of benzene rings is 1. The minimum atomic E-state index is -0.501. The summed E-state index contributed by atoms with van der Waals surface area (Å²) >= 11 is 0. The molecular weight excluding hydrogens is 223 g/mol. The summed E-state index contributed by atoms with van der Waals surface area (Å²) in [6.45, 7) is 2.65. The lowest BCUT2D eigenvalue weighted by Crippen LogP contribution is -2.34. The molecule has 0 bridgehead atoms. The summed E-state index contributed by atoms with van der Waals surface area (Å²) in [4.78, 5) is 2.02. The van der Waals surface area contributed by atoms with Crippen LogP contribution >= 0.6 is 0 Å². The minimum absolute atomic E-state index is 0.275. The van der Waals surface area contributed by atoms with Crippen molar-refractivity contribution in [1.82, 2.24) is 0 Å². The number of anilines is 2. The van der Waals surface area contributed by atoms with Gasteiger partial charge in [0, 0.05) is 13.0 Å². The maximum Gasteiger partial charge on any atom is 0.187 e. The lowest BCUT2D eigenvalue weighted by Gasteiger charge is -2.24. The van der Waals surface area contributed by atoms with Crippen molar-refractivity contribution in [3.05, 3.63) is 24.0 Å². The molecule has 0 unspecified atom stereocenters. The topological polar surface area (TPSA) is 47.7 Å². The van der Waals surface area contributed by atoms with Crippen LogP contribution in [0.25, 0.3) is 0 Å². The zero-order chi connectivity index (χ0) is 11.9. The molecule has 2 saturated heterocycles. The number of hydrogen-bond donors (Lipinski definition) is 1. The summed E-state index contributed by atoms with van der Waals surface area (Å²) in [6.07, 6.45) is 0.795. The SMILES string of the molecule is Nc1ccc(F)cc1N1CCC2(C1)OCCO2. The highest BCUT2D eigenvalue weighted by Gasteiger charge is 2.43. The number of rotatable bonds is 1. The monoisotopic (exact) mass is 238 g/mol. The first-order valence-corrected chi connectivity index (χ1v) is 5.76. The van der Waals surface area contributed by atoms with Gasteiger partial charge in [0.1, 0.15) is 5.82 Å². The van der Waals surface area contributed by atoms with Crippen LogP contribution in [0.1, 0.15) is 6.42 Å². The minimum Gasteiger partial charge on any atom is -0.397 e. The Labute approximate surface area is 99.1 Å². The van der Waals surface area contributed by atoms with Crippen LogP contribution in [0.4, 0.5) is 15.8 Å². The molecule has 2 aliphatic heterocycles. The smallest absolute Gasteiger partial charge is 0.187 e. The van der Waals surface area contributed by atoms with E-state index in [4.69, 9.17) is 15.2 Å². The van der Waals surface area contributed by atoms with E-state index in [9.17, 15) is 4.39 Å². The third-order valence-corrected chi connectivity index (χ3v) is 3.34. The van der Waals surface area contributed by atoms with Gasteiger partial charge in [-0.05, 0) is 18.2 Å². The molecule has 2 N–H and O–H groups in total. The Kier molecular flexibility index (Phi) is 2.45. The largest absolute Gasteiger partial charge is 0.397 e. The lowest BCUT2D eigenvalue weighted by molar-refractivity contribution is -0.137. The summed E-state index contributed by atoms with van der Waals surface area (Å²) in [7, 11) is 0. The summed E-state index contributed by atoms with van der Waals surface area (Å²) in [5, 5.41) is 0. The molecule has 3 rings (SSSR count). The number of hydrogen-bond acceptors (Lipinski definition) is 4. The average molecular weight is 238 g/mol. The van der Waals surface area contributed by atoms with E-state index in [2.05, 4.69) is 0 Å². The molecule has 1 aromatic rings. The molecule has 0 aliphatic carbocycles. The molecule has 17 heavy (non-hydrogen) atoms. The Hall–Kier alpha value is -1.33. The molecule has 0 radical (unpaired) electrons. The van der Waals surface area contributed by atoms with Gasteiger partial charge in [-0.15, -0.1) is 0 Å². The quantitative estimate of drug-likeness (QED) is 0.750. The van der Waals surface area contributed by atoms with Crippen LogP contribution in [0.2, 0.25) is 0 Å². The average Bonchev–Trinajstić information content (AvgIpc) is 2.94. The summed E-state index contributed by atoms with van der Waals surface area (Å²) < 4.78 is 24.5. The molecule has 2 heterocycles. The van der Waals surface area contributed by atoms with Gasteiger partial charge >= 0.3 is 0 Å². The van der Waals surface area contributed by atoms with Gasteiger partial charge in [-0.25, -0.2) is 4.39 Å². The van der Waals surface area contributed by atoms with Gasteiger partial charge < -0.3 is 20.1 Å². The third kappa shape index (κ3) is 1.85. The molecule has 1 aromatic carbocycles.